The maximum atomic E-state index is 15.2. The Morgan fingerprint density at radius 2 is 1.01 bits per heavy atom. The van der Waals surface area contributed by atoms with Crippen molar-refractivity contribution < 1.29 is 40.2 Å². The number of hydrogen-bond donors (Lipinski definition) is 0. The second kappa shape index (κ2) is 22.8. The Labute approximate surface area is 477 Å². The van der Waals surface area contributed by atoms with Crippen LogP contribution in [0.15, 0.2) is 55.1 Å². The van der Waals surface area contributed by atoms with Crippen molar-refractivity contribution in [1.29, 1.82) is 0 Å². The van der Waals surface area contributed by atoms with Crippen LogP contribution in [0.25, 0.3) is 33.9 Å². The molecule has 2 unspecified atom stereocenters. The molecule has 4 saturated heterocycles. The molecule has 0 radical (unpaired) electrons. The van der Waals surface area contributed by atoms with E-state index in [2.05, 4.69) is 90.7 Å². The molecule has 83 heavy (non-hydrogen) atoms. The number of nitrogens with zero attached hydrogens (tertiary/aromatic N) is 16. The Morgan fingerprint density at radius 3 is 1.42 bits per heavy atom. The number of hydrogen-bond acceptors (Lipinski definition) is 14. The first kappa shape index (κ1) is 58.2. The molecule has 4 aliphatic rings. The molecule has 12 rings (SSSR count). The molecular weight excluding hydrogens is 1090 g/mol. The highest BCUT2D eigenvalue weighted by Gasteiger charge is 2.41. The van der Waals surface area contributed by atoms with Gasteiger partial charge in [0.05, 0.1) is 36.4 Å². The van der Waals surface area contributed by atoms with E-state index < -0.39 is 35.3 Å². The standard InChI is InChI=1S/C29H36F4N8O.C29H37F3N8O/c1-16(2)25(22-9-8-20(11-23(22)30)29(31,32)33)38-12-18(4)39(13-17(38)3)26-24-27(41-15-34-37-28(41)36-26)40(19(5)35-24)14-21-7-6-10-42-21;1-17(2)25(21-8-10-22(11-9-21)29(30,31)32)37-13-19(4)38(14-18(37)3)26-24-27(40-16-33-36-28(40)35-26)39(20(5)34-24)15-23-7-6-12-41-23/h8-9,11,15-18,21,25H,6-7,10,12-14H2,1-5H3;8-11,16-19,23,25H,6-7,12-15H2,1-5H3/t17-,18+,21?,25+;18-,19+,23?,25-/m11/s1. The zero-order valence-corrected chi connectivity index (χ0v) is 48.6. The van der Waals surface area contributed by atoms with Gasteiger partial charge in [-0.15, -0.1) is 20.4 Å². The molecule has 4 aliphatic heterocycles. The van der Waals surface area contributed by atoms with Gasteiger partial charge in [-0.3, -0.25) is 9.80 Å². The summed E-state index contributed by atoms with van der Waals surface area (Å²) in [6, 6.07) is 8.19. The summed E-state index contributed by atoms with van der Waals surface area (Å²) in [5.74, 6) is 3.56. The summed E-state index contributed by atoms with van der Waals surface area (Å²) in [5, 5.41) is 16.8. The van der Waals surface area contributed by atoms with Gasteiger partial charge in [-0.2, -0.15) is 36.3 Å². The minimum atomic E-state index is -4.60. The fourth-order valence-corrected chi connectivity index (χ4v) is 13.3. The third kappa shape index (κ3) is 11.2. The largest absolute Gasteiger partial charge is 0.416 e. The molecule has 10 heterocycles. The van der Waals surface area contributed by atoms with Gasteiger partial charge >= 0.3 is 12.4 Å². The molecule has 25 heteroatoms. The SMILES string of the molecule is Cc1nc2c(N3C[C@@H](C)N([C@@H](c4ccc(C(F)(F)F)cc4)C(C)C)C[C@@H]3C)nc3nncn3c2n1CC1CCCO1.Cc1nc2c(N3C[C@@H](C)N([C@H](c4ccc(C(F)(F)F)cc4F)C(C)C)C[C@@H]3C)nc3nncn3c2n1CC1CCCO1. The summed E-state index contributed by atoms with van der Waals surface area (Å²) in [5.41, 5.74) is 2.91. The number of imidazole rings is 2. The fraction of sp³-hybridized carbons (Fsp3) is 0.586. The van der Waals surface area contributed by atoms with Crippen molar-refractivity contribution in [1.82, 2.24) is 68.1 Å². The normalized spacial score (nSPS) is 23.2. The van der Waals surface area contributed by atoms with Gasteiger partial charge in [-0.05, 0) is 109 Å². The van der Waals surface area contributed by atoms with Crippen LogP contribution >= 0.6 is 0 Å². The van der Waals surface area contributed by atoms with Crippen LogP contribution in [-0.2, 0) is 34.9 Å². The predicted octanol–water partition coefficient (Wildman–Crippen LogP) is 10.7. The highest BCUT2D eigenvalue weighted by Crippen LogP contribution is 2.41. The molecule has 0 N–H and O–H groups in total. The minimum Gasteiger partial charge on any atom is -0.376 e. The lowest BCUT2D eigenvalue weighted by molar-refractivity contribution is -0.138. The maximum absolute atomic E-state index is 15.2. The quantitative estimate of drug-likeness (QED) is 0.107. The lowest BCUT2D eigenvalue weighted by Crippen LogP contribution is -2.58. The first-order chi connectivity index (χ1) is 39.5. The number of benzene rings is 2. The third-order valence-corrected chi connectivity index (χ3v) is 17.3. The van der Waals surface area contributed by atoms with Crippen LogP contribution in [0.1, 0.15) is 127 Å². The topological polar surface area (TPSA) is 153 Å². The smallest absolute Gasteiger partial charge is 0.376 e. The Balaban J connectivity index is 0.000000174. The number of anilines is 2. The first-order valence-corrected chi connectivity index (χ1v) is 28.9. The number of ether oxygens (including phenoxy) is 2. The van der Waals surface area contributed by atoms with E-state index >= 15 is 4.39 Å². The van der Waals surface area contributed by atoms with Gasteiger partial charge < -0.3 is 28.4 Å². The van der Waals surface area contributed by atoms with Crippen LogP contribution in [0.5, 0.6) is 0 Å². The van der Waals surface area contributed by atoms with Crippen molar-refractivity contribution in [3.8, 4) is 0 Å². The molecule has 8 aromatic rings. The van der Waals surface area contributed by atoms with Crippen LogP contribution in [0.4, 0.5) is 42.4 Å². The highest BCUT2D eigenvalue weighted by atomic mass is 19.4. The van der Waals surface area contributed by atoms with Crippen LogP contribution in [0, 0.1) is 31.5 Å². The second-order valence-corrected chi connectivity index (χ2v) is 23.9. The van der Waals surface area contributed by atoms with E-state index in [0.717, 1.165) is 96.9 Å². The molecule has 0 saturated carbocycles. The summed E-state index contributed by atoms with van der Waals surface area (Å²) in [6.07, 6.45) is -1.23. The summed E-state index contributed by atoms with van der Waals surface area (Å²) in [6.45, 7) is 26.1. The Morgan fingerprint density at radius 1 is 0.566 bits per heavy atom. The van der Waals surface area contributed by atoms with Gasteiger partial charge in [0.1, 0.15) is 41.2 Å². The van der Waals surface area contributed by atoms with E-state index in [4.69, 9.17) is 29.4 Å². The van der Waals surface area contributed by atoms with E-state index in [1.807, 2.05) is 36.5 Å². The minimum absolute atomic E-state index is 0.0169. The lowest BCUT2D eigenvalue weighted by atomic mass is 9.90. The molecule has 6 aromatic heterocycles. The van der Waals surface area contributed by atoms with Gasteiger partial charge in [0.25, 0.3) is 11.6 Å². The van der Waals surface area contributed by atoms with Crippen LogP contribution in [-0.4, -0.2) is 144 Å². The van der Waals surface area contributed by atoms with Crippen molar-refractivity contribution in [2.75, 3.05) is 49.2 Å². The molecule has 0 bridgehead atoms. The summed E-state index contributed by atoms with van der Waals surface area (Å²) < 4.78 is 115. The maximum Gasteiger partial charge on any atom is 0.416 e. The molecule has 446 valence electrons. The monoisotopic (exact) mass is 1160 g/mol. The third-order valence-electron chi connectivity index (χ3n) is 17.3. The van der Waals surface area contributed by atoms with E-state index in [1.165, 1.54) is 18.2 Å². The molecule has 4 fully saturated rings. The summed E-state index contributed by atoms with van der Waals surface area (Å²) >= 11 is 0. The number of fused-ring (bicyclic) bond motifs is 6. The van der Waals surface area contributed by atoms with Gasteiger partial charge in [0.2, 0.25) is 0 Å². The van der Waals surface area contributed by atoms with Crippen LogP contribution < -0.4 is 9.80 Å². The zero-order valence-electron chi connectivity index (χ0n) is 48.6. The molecule has 18 nitrogen and oxygen atoms in total. The molecule has 0 amide bonds. The van der Waals surface area contributed by atoms with E-state index in [0.29, 0.717) is 56.2 Å². The van der Waals surface area contributed by atoms with Gasteiger partial charge in [-0.1, -0.05) is 45.9 Å². The number of halogens is 7. The van der Waals surface area contributed by atoms with E-state index in [9.17, 15) is 26.3 Å². The Hall–Kier alpha value is -6.57. The average Bonchev–Trinajstić information content (AvgIpc) is 2.41. The Bertz CT molecular complexity index is 3580. The van der Waals surface area contributed by atoms with Crippen molar-refractivity contribution in [3.63, 3.8) is 0 Å². The molecule has 0 aliphatic carbocycles. The van der Waals surface area contributed by atoms with E-state index in [1.54, 1.807) is 24.8 Å². The Kier molecular flexibility index (Phi) is 16.0. The van der Waals surface area contributed by atoms with Gasteiger partial charge in [-0.25, -0.2) is 23.2 Å². The molecule has 8 atom stereocenters. The first-order valence-electron chi connectivity index (χ1n) is 28.9. The summed E-state index contributed by atoms with van der Waals surface area (Å²) in [4.78, 5) is 28.9. The number of aromatic nitrogens is 12. The van der Waals surface area contributed by atoms with Crippen molar-refractivity contribution >= 4 is 45.5 Å². The fourth-order valence-electron chi connectivity index (χ4n) is 13.3. The van der Waals surface area contributed by atoms with Crippen LogP contribution in [0.3, 0.4) is 0 Å². The average molecular weight is 1160 g/mol. The molecule has 2 aromatic carbocycles. The van der Waals surface area contributed by atoms with Crippen molar-refractivity contribution in [3.05, 3.63) is 94.8 Å². The summed E-state index contributed by atoms with van der Waals surface area (Å²) in [7, 11) is 0. The second-order valence-electron chi connectivity index (χ2n) is 23.9. The van der Waals surface area contributed by atoms with Gasteiger partial charge in [0.15, 0.2) is 22.9 Å². The van der Waals surface area contributed by atoms with Crippen molar-refractivity contribution in [2.24, 2.45) is 11.8 Å². The van der Waals surface area contributed by atoms with Crippen molar-refractivity contribution in [2.45, 2.75) is 169 Å². The highest BCUT2D eigenvalue weighted by molar-refractivity contribution is 5.88. The predicted molar refractivity (Wildman–Crippen MR) is 300 cm³/mol. The van der Waals surface area contributed by atoms with E-state index in [-0.39, 0.29) is 59.8 Å². The lowest BCUT2D eigenvalue weighted by Gasteiger charge is -2.49. The number of piperazine rings is 2. The van der Waals surface area contributed by atoms with Gasteiger partial charge in [0, 0.05) is 81.2 Å². The molecule has 0 spiro atoms. The zero-order chi connectivity index (χ0) is 59.0. The number of aryl methyl sites for hydroxylation is 2. The van der Waals surface area contributed by atoms with Crippen LogP contribution in [0.2, 0.25) is 0 Å². The number of alkyl halides is 6. The molecular formula is C58H73F7N16O2. The number of rotatable bonds is 12.